The average Bonchev–Trinajstić information content (AvgIpc) is 2.96. The van der Waals surface area contributed by atoms with Crippen LogP contribution in [0.5, 0.6) is 0 Å². The molecule has 0 N–H and O–H groups in total. The number of fused-ring (bicyclic) bond motifs is 2. The fourth-order valence-electron chi connectivity index (χ4n) is 4.22. The SMILES string of the molecule is COCc1ccc(CN2C[C@@H]3CC[C@H]2Cc2ccccc2C3)o1. The van der Waals surface area contributed by atoms with E-state index in [1.807, 2.05) is 6.07 Å². The maximum atomic E-state index is 5.91. The Kier molecular flexibility index (Phi) is 4.23. The number of hydrogen-bond donors (Lipinski definition) is 0. The lowest BCUT2D eigenvalue weighted by Crippen LogP contribution is -2.46. The van der Waals surface area contributed by atoms with Gasteiger partial charge in [-0.3, -0.25) is 4.90 Å². The molecule has 23 heavy (non-hydrogen) atoms. The van der Waals surface area contributed by atoms with Crippen molar-refractivity contribution in [3.8, 4) is 0 Å². The van der Waals surface area contributed by atoms with Gasteiger partial charge in [0.05, 0.1) is 6.54 Å². The van der Waals surface area contributed by atoms with Gasteiger partial charge in [0.1, 0.15) is 18.1 Å². The number of piperidine rings is 1. The lowest BCUT2D eigenvalue weighted by Gasteiger charge is -2.42. The van der Waals surface area contributed by atoms with Gasteiger partial charge >= 0.3 is 0 Å². The summed E-state index contributed by atoms with van der Waals surface area (Å²) in [7, 11) is 1.71. The molecule has 2 atom stereocenters. The minimum atomic E-state index is 0.555. The second-order valence-electron chi connectivity index (χ2n) is 7.00. The lowest BCUT2D eigenvalue weighted by atomic mass is 9.80. The molecule has 1 saturated heterocycles. The predicted octanol–water partition coefficient (Wildman–Crippen LogP) is 3.81. The van der Waals surface area contributed by atoms with Crippen molar-refractivity contribution in [1.82, 2.24) is 4.90 Å². The Morgan fingerprint density at radius 2 is 1.83 bits per heavy atom. The summed E-state index contributed by atoms with van der Waals surface area (Å²) in [4.78, 5) is 2.64. The van der Waals surface area contributed by atoms with Crippen LogP contribution >= 0.6 is 0 Å². The largest absolute Gasteiger partial charge is 0.462 e. The topological polar surface area (TPSA) is 25.6 Å². The Morgan fingerprint density at radius 3 is 2.65 bits per heavy atom. The molecule has 122 valence electrons. The summed E-state index contributed by atoms with van der Waals surface area (Å²) < 4.78 is 11.1. The molecule has 5 rings (SSSR count). The van der Waals surface area contributed by atoms with Crippen LogP contribution in [-0.2, 0) is 30.7 Å². The van der Waals surface area contributed by atoms with Crippen LogP contribution in [0.25, 0.3) is 0 Å². The first-order valence-electron chi connectivity index (χ1n) is 8.69. The number of hydrogen-bond acceptors (Lipinski definition) is 3. The summed E-state index contributed by atoms with van der Waals surface area (Å²) in [5.41, 5.74) is 3.12. The van der Waals surface area contributed by atoms with Crippen LogP contribution in [0.15, 0.2) is 40.8 Å². The van der Waals surface area contributed by atoms with Crippen molar-refractivity contribution in [2.75, 3.05) is 13.7 Å². The molecule has 3 aliphatic rings. The van der Waals surface area contributed by atoms with Crippen LogP contribution < -0.4 is 0 Å². The summed E-state index contributed by atoms with van der Waals surface area (Å²) in [5.74, 6) is 2.77. The van der Waals surface area contributed by atoms with Crippen LogP contribution in [0.2, 0.25) is 0 Å². The fraction of sp³-hybridized carbons (Fsp3) is 0.500. The van der Waals surface area contributed by atoms with Crippen molar-refractivity contribution in [2.45, 2.75) is 44.9 Å². The van der Waals surface area contributed by atoms with Gasteiger partial charge in [0.15, 0.2) is 0 Å². The van der Waals surface area contributed by atoms with Crippen LogP contribution in [0.1, 0.15) is 35.5 Å². The molecular formula is C20H25NO2. The first-order chi connectivity index (χ1) is 11.3. The van der Waals surface area contributed by atoms with E-state index in [-0.39, 0.29) is 0 Å². The zero-order valence-corrected chi connectivity index (χ0v) is 13.8. The van der Waals surface area contributed by atoms with Gasteiger partial charge in [0.2, 0.25) is 0 Å². The number of furan rings is 1. The Hall–Kier alpha value is -1.58. The highest BCUT2D eigenvalue weighted by atomic mass is 16.5. The van der Waals surface area contributed by atoms with E-state index in [1.165, 1.54) is 32.2 Å². The minimum absolute atomic E-state index is 0.555. The number of nitrogens with zero attached hydrogens (tertiary/aromatic N) is 1. The summed E-state index contributed by atoms with van der Waals surface area (Å²) >= 11 is 0. The molecule has 3 heterocycles. The second kappa shape index (κ2) is 6.50. The van der Waals surface area contributed by atoms with Crippen LogP contribution in [0, 0.1) is 5.92 Å². The highest BCUT2D eigenvalue weighted by Crippen LogP contribution is 2.33. The third-order valence-electron chi connectivity index (χ3n) is 5.36. The monoisotopic (exact) mass is 311 g/mol. The number of ether oxygens (including phenoxy) is 1. The Morgan fingerprint density at radius 1 is 1.04 bits per heavy atom. The molecule has 1 aromatic carbocycles. The molecule has 1 aliphatic carbocycles. The van der Waals surface area contributed by atoms with Crippen molar-refractivity contribution in [3.05, 3.63) is 59.0 Å². The molecule has 0 amide bonds. The highest BCUT2D eigenvalue weighted by molar-refractivity contribution is 5.30. The summed E-state index contributed by atoms with van der Waals surface area (Å²) in [6.45, 7) is 2.67. The lowest BCUT2D eigenvalue weighted by molar-refractivity contribution is 0.0846. The van der Waals surface area contributed by atoms with E-state index >= 15 is 0 Å². The molecule has 1 aromatic heterocycles. The molecule has 0 radical (unpaired) electrons. The van der Waals surface area contributed by atoms with Gasteiger partial charge in [-0.2, -0.15) is 0 Å². The van der Waals surface area contributed by atoms with E-state index in [0.29, 0.717) is 12.6 Å². The third-order valence-corrected chi connectivity index (χ3v) is 5.36. The highest BCUT2D eigenvalue weighted by Gasteiger charge is 2.32. The van der Waals surface area contributed by atoms with E-state index in [2.05, 4.69) is 35.2 Å². The molecule has 2 aliphatic heterocycles. The Balaban J connectivity index is 1.52. The summed E-state index contributed by atoms with van der Waals surface area (Å²) in [6.07, 6.45) is 5.08. The predicted molar refractivity (Wildman–Crippen MR) is 90.2 cm³/mol. The number of rotatable bonds is 4. The van der Waals surface area contributed by atoms with Crippen LogP contribution in [-0.4, -0.2) is 24.6 Å². The number of methoxy groups -OCH3 is 1. The maximum absolute atomic E-state index is 5.91. The van der Waals surface area contributed by atoms with Crippen LogP contribution in [0.3, 0.4) is 0 Å². The first kappa shape index (κ1) is 15.0. The van der Waals surface area contributed by atoms with E-state index in [0.717, 1.165) is 24.0 Å². The normalized spacial score (nSPS) is 24.2. The van der Waals surface area contributed by atoms with E-state index in [9.17, 15) is 0 Å². The Bertz CT molecular complexity index is 663. The van der Waals surface area contributed by atoms with Gasteiger partial charge in [0, 0.05) is 19.7 Å². The molecule has 2 bridgehead atoms. The van der Waals surface area contributed by atoms with Gasteiger partial charge in [-0.15, -0.1) is 0 Å². The molecule has 3 nitrogen and oxygen atoms in total. The molecule has 0 saturated carbocycles. The molecule has 0 unspecified atom stereocenters. The van der Waals surface area contributed by atoms with E-state index in [1.54, 1.807) is 18.2 Å². The fourth-order valence-corrected chi connectivity index (χ4v) is 4.22. The summed E-state index contributed by atoms with van der Waals surface area (Å²) in [5, 5.41) is 0. The molecular weight excluding hydrogens is 286 g/mol. The second-order valence-corrected chi connectivity index (χ2v) is 7.00. The zero-order chi connectivity index (χ0) is 15.6. The number of benzene rings is 1. The minimum Gasteiger partial charge on any atom is -0.462 e. The molecule has 1 fully saturated rings. The van der Waals surface area contributed by atoms with Gasteiger partial charge < -0.3 is 9.15 Å². The zero-order valence-electron chi connectivity index (χ0n) is 13.8. The Labute approximate surface area is 138 Å². The molecule has 3 heteroatoms. The van der Waals surface area contributed by atoms with Crippen molar-refractivity contribution in [2.24, 2.45) is 5.92 Å². The van der Waals surface area contributed by atoms with Crippen molar-refractivity contribution in [3.63, 3.8) is 0 Å². The smallest absolute Gasteiger partial charge is 0.129 e. The van der Waals surface area contributed by atoms with Gasteiger partial charge in [0.25, 0.3) is 0 Å². The van der Waals surface area contributed by atoms with Crippen molar-refractivity contribution < 1.29 is 9.15 Å². The van der Waals surface area contributed by atoms with Gasteiger partial charge in [-0.05, 0) is 54.9 Å². The molecule has 2 aromatic rings. The van der Waals surface area contributed by atoms with E-state index in [4.69, 9.17) is 9.15 Å². The molecule has 0 spiro atoms. The van der Waals surface area contributed by atoms with Gasteiger partial charge in [-0.25, -0.2) is 0 Å². The quantitative estimate of drug-likeness (QED) is 0.859. The van der Waals surface area contributed by atoms with Crippen LogP contribution in [0.4, 0.5) is 0 Å². The first-order valence-corrected chi connectivity index (χ1v) is 8.69. The maximum Gasteiger partial charge on any atom is 0.129 e. The van der Waals surface area contributed by atoms with Crippen molar-refractivity contribution >= 4 is 0 Å². The van der Waals surface area contributed by atoms with Gasteiger partial charge in [-0.1, -0.05) is 24.3 Å². The van der Waals surface area contributed by atoms with E-state index < -0.39 is 0 Å². The average molecular weight is 311 g/mol. The van der Waals surface area contributed by atoms with Crippen molar-refractivity contribution in [1.29, 1.82) is 0 Å². The standard InChI is InChI=1S/C20H25NO2/c1-22-14-20-9-8-19(23-20)13-21-12-15-6-7-18(21)11-17-5-3-2-4-16(17)10-15/h2-5,8-9,15,18H,6-7,10-14H2,1H3/t15-,18+/m1/s1. The third kappa shape index (κ3) is 3.22. The summed E-state index contributed by atoms with van der Waals surface area (Å²) in [6, 6.07) is 13.8.